The van der Waals surface area contributed by atoms with E-state index in [0.717, 1.165) is 88.5 Å². The molecule has 4 aromatic heterocycles. The van der Waals surface area contributed by atoms with E-state index in [1.165, 1.54) is 12.3 Å². The summed E-state index contributed by atoms with van der Waals surface area (Å²) in [7, 11) is 0. The van der Waals surface area contributed by atoms with Crippen LogP contribution in [0.4, 0.5) is 0 Å². The fraction of sp³-hybridized carbons (Fsp3) is 0.0769. The van der Waals surface area contributed by atoms with E-state index in [-0.39, 0.29) is 27.9 Å². The van der Waals surface area contributed by atoms with Crippen molar-refractivity contribution >= 4 is 54.8 Å². The Morgan fingerprint density at radius 2 is 1.34 bits per heavy atom. The van der Waals surface area contributed by atoms with Gasteiger partial charge in [-0.15, -0.1) is 0 Å². The number of hydrogen-bond donors (Lipinski definition) is 0. The highest BCUT2D eigenvalue weighted by molar-refractivity contribution is 6.12. The molecule has 71 heavy (non-hydrogen) atoms. The van der Waals surface area contributed by atoms with E-state index < -0.39 is 37.1 Å². The number of ether oxygens (including phenoxy) is 1. The van der Waals surface area contributed by atoms with Crippen LogP contribution in [0.2, 0.25) is 0 Å². The van der Waals surface area contributed by atoms with E-state index in [4.69, 9.17) is 25.1 Å². The molecule has 0 bridgehead atoms. The van der Waals surface area contributed by atoms with Crippen molar-refractivity contribution in [3.63, 3.8) is 0 Å². The van der Waals surface area contributed by atoms with Gasteiger partial charge in [-0.2, -0.15) is 0 Å². The van der Waals surface area contributed by atoms with Crippen LogP contribution in [0.5, 0.6) is 11.5 Å². The molecule has 0 N–H and O–H groups in total. The van der Waals surface area contributed by atoms with Crippen molar-refractivity contribution in [2.24, 2.45) is 0 Å². The van der Waals surface area contributed by atoms with Crippen molar-refractivity contribution in [2.45, 2.75) is 33.0 Å². The van der Waals surface area contributed by atoms with Gasteiger partial charge in [0.05, 0.1) is 40.3 Å². The maximum absolute atomic E-state index is 8.65. The van der Waals surface area contributed by atoms with E-state index in [1.807, 2.05) is 95.6 Å². The fourth-order valence-corrected chi connectivity index (χ4v) is 10.1. The van der Waals surface area contributed by atoms with E-state index in [2.05, 4.69) is 121 Å². The van der Waals surface area contributed by atoms with Gasteiger partial charge in [-0.05, 0) is 106 Å². The molecule has 6 heteroatoms. The van der Waals surface area contributed by atoms with Crippen molar-refractivity contribution in [3.05, 3.63) is 236 Å². The third-order valence-electron chi connectivity index (χ3n) is 13.3. The number of para-hydroxylation sites is 5. The minimum absolute atomic E-state index is 0.0685. The van der Waals surface area contributed by atoms with E-state index in [0.29, 0.717) is 17.0 Å². The summed E-state index contributed by atoms with van der Waals surface area (Å²) in [5, 5.41) is 3.85. The smallest absolute Gasteiger partial charge is 0.269 e. The fourth-order valence-electron chi connectivity index (χ4n) is 10.1. The second kappa shape index (κ2) is 16.6. The number of fused-ring (bicyclic) bond motifs is 7. The first-order chi connectivity index (χ1) is 38.0. The zero-order valence-corrected chi connectivity index (χ0v) is 39.0. The molecule has 0 saturated heterocycles. The molecule has 0 aliphatic rings. The Balaban J connectivity index is 0.926. The van der Waals surface area contributed by atoms with Crippen molar-refractivity contribution in [1.29, 1.82) is 0 Å². The standard InChI is InChI=1S/C65H48N4O2/c1-42-35-62(66-40-55(42)44-21-9-6-10-22-44)69-57-29-13-11-25-50(57)51-34-33-48(39-60(51)69)70-47-24-17-23-46(38-47)67-41-68(59-31-15-14-30-58(59)67)63-49(27-18-28-56(63)65(2,3)4)45-36-53(43-19-7-5-8-20-43)64-54(37-45)52-26-12-16-32-61(52)71-64/h5-40H,1-4H3/i1D3,6D,9D,10D,21D,22D. The highest BCUT2D eigenvalue weighted by atomic mass is 16.5. The Bertz CT molecular complexity index is 4600. The van der Waals surface area contributed by atoms with E-state index in [9.17, 15) is 0 Å². The molecule has 13 rings (SSSR count). The average Bonchev–Trinajstić information content (AvgIpc) is 4.34. The molecule has 0 fully saturated rings. The van der Waals surface area contributed by atoms with Crippen LogP contribution in [0.15, 0.2) is 223 Å². The maximum atomic E-state index is 8.65. The molecule has 0 aliphatic heterocycles. The summed E-state index contributed by atoms with van der Waals surface area (Å²) in [4.78, 5) is 4.75. The van der Waals surface area contributed by atoms with Gasteiger partial charge in [0.1, 0.15) is 28.5 Å². The average molecular weight is 925 g/mol. The van der Waals surface area contributed by atoms with Gasteiger partial charge < -0.3 is 9.15 Å². The van der Waals surface area contributed by atoms with Crippen LogP contribution >= 0.6 is 0 Å². The molecule has 6 nitrogen and oxygen atoms in total. The topological polar surface area (TPSA) is 49.0 Å². The third kappa shape index (κ3) is 7.18. The molecule has 0 unspecified atom stereocenters. The van der Waals surface area contributed by atoms with Gasteiger partial charge in [0.15, 0.2) is 0 Å². The van der Waals surface area contributed by atoms with Gasteiger partial charge in [0.2, 0.25) is 0 Å². The van der Waals surface area contributed by atoms with Gasteiger partial charge >= 0.3 is 0 Å². The number of rotatable bonds is 8. The zero-order valence-electron chi connectivity index (χ0n) is 47.0. The van der Waals surface area contributed by atoms with Gasteiger partial charge in [0.25, 0.3) is 6.33 Å². The number of furan rings is 1. The molecular weight excluding hydrogens is 869 g/mol. The number of nitrogens with zero attached hydrogens (tertiary/aromatic N) is 4. The number of benzene rings is 9. The quantitative estimate of drug-likeness (QED) is 0.113. The van der Waals surface area contributed by atoms with Gasteiger partial charge in [-0.3, -0.25) is 13.7 Å². The minimum atomic E-state index is -2.74. The molecule has 9 aromatic carbocycles. The van der Waals surface area contributed by atoms with E-state index in [1.54, 1.807) is 0 Å². The first kappa shape index (κ1) is 34.3. The van der Waals surface area contributed by atoms with Crippen LogP contribution in [0.3, 0.4) is 0 Å². The summed E-state index contributed by atoms with van der Waals surface area (Å²) in [6.45, 7) is 3.98. The first-order valence-corrected chi connectivity index (χ1v) is 23.5. The molecule has 0 radical (unpaired) electrons. The molecule has 0 spiro atoms. The van der Waals surface area contributed by atoms with Crippen LogP contribution in [0, 0.1) is 13.2 Å². The molecule has 4 heterocycles. The molecule has 0 aliphatic carbocycles. The second-order valence-electron chi connectivity index (χ2n) is 18.8. The van der Waals surface area contributed by atoms with Gasteiger partial charge in [-0.25, -0.2) is 4.98 Å². The Labute approximate surface area is 423 Å². The zero-order chi connectivity index (χ0) is 54.6. The Hall–Kier alpha value is -9.00. The number of aryl methyl sites for hydroxylation is 1. The lowest BCUT2D eigenvalue weighted by Crippen LogP contribution is -2.34. The molecule has 340 valence electrons. The first-order valence-electron chi connectivity index (χ1n) is 27.5. The number of pyridine rings is 1. The third-order valence-corrected chi connectivity index (χ3v) is 13.3. The molecule has 13 aromatic rings. The molecular formula is C65H48N4O2. The Morgan fingerprint density at radius 3 is 2.18 bits per heavy atom. The summed E-state index contributed by atoms with van der Waals surface area (Å²) in [5.74, 6) is 1.34. The van der Waals surface area contributed by atoms with Crippen molar-refractivity contribution in [1.82, 2.24) is 14.1 Å². The Kier molecular flexibility index (Phi) is 8.02. The van der Waals surface area contributed by atoms with Gasteiger partial charge in [0, 0.05) is 49.0 Å². The van der Waals surface area contributed by atoms with Crippen LogP contribution < -0.4 is 9.30 Å². The van der Waals surface area contributed by atoms with Crippen LogP contribution in [0.1, 0.15) is 42.9 Å². The summed E-state index contributed by atoms with van der Waals surface area (Å²) >= 11 is 0. The summed E-state index contributed by atoms with van der Waals surface area (Å²) in [6.07, 6.45) is 5.10. The predicted molar refractivity (Wildman–Crippen MR) is 289 cm³/mol. The Morgan fingerprint density at radius 1 is 0.592 bits per heavy atom. The van der Waals surface area contributed by atoms with Crippen LogP contribution in [0.25, 0.3) is 105 Å². The highest BCUT2D eigenvalue weighted by Crippen LogP contribution is 2.43. The van der Waals surface area contributed by atoms with Crippen LogP contribution in [-0.4, -0.2) is 14.1 Å². The van der Waals surface area contributed by atoms with Crippen molar-refractivity contribution < 1.29 is 24.7 Å². The largest absolute Gasteiger partial charge is 0.458 e. The minimum Gasteiger partial charge on any atom is -0.458 e. The number of imidazole rings is 1. The molecule has 0 atom stereocenters. The lowest BCUT2D eigenvalue weighted by molar-refractivity contribution is -0.572. The van der Waals surface area contributed by atoms with Crippen LogP contribution in [-0.2, 0) is 5.41 Å². The van der Waals surface area contributed by atoms with Gasteiger partial charge in [-0.1, -0.05) is 166 Å². The summed E-state index contributed by atoms with van der Waals surface area (Å²) in [6, 6.07) is 58.0. The second-order valence-corrected chi connectivity index (χ2v) is 18.8. The lowest BCUT2D eigenvalue weighted by Gasteiger charge is -2.26. The molecule has 0 saturated carbocycles. The predicted octanol–water partition coefficient (Wildman–Crippen LogP) is 16.5. The summed E-state index contributed by atoms with van der Waals surface area (Å²) in [5.41, 5.74) is 11.4. The maximum Gasteiger partial charge on any atom is 0.269 e. The van der Waals surface area contributed by atoms with Crippen molar-refractivity contribution in [3.8, 4) is 62.1 Å². The lowest BCUT2D eigenvalue weighted by atomic mass is 9.83. The SMILES string of the molecule is [2H]c1c([2H])c([2H])c(-c2cnc(-n3c4ccccc4c4ccc(Oc5cccc(-n6[c-][n+](-c7c(-c8cc(-c9ccccc9)c9oc%10ccccc%10c9c8)cccc7C(C)(C)C)c7ccccc76)c5)cc43)cc2C([2H])([2H])[2H])c([2H])c1[2H]. The van der Waals surface area contributed by atoms with E-state index >= 15 is 0 Å². The summed E-state index contributed by atoms with van der Waals surface area (Å²) < 4.78 is 87.3. The normalized spacial score (nSPS) is 13.7. The van der Waals surface area contributed by atoms with Crippen molar-refractivity contribution in [2.75, 3.05) is 0 Å². The number of hydrogen-bond acceptors (Lipinski definition) is 3. The monoisotopic (exact) mass is 924 g/mol. The number of aromatic nitrogens is 4. The highest BCUT2D eigenvalue weighted by Gasteiger charge is 2.26. The molecule has 0 amide bonds.